The van der Waals surface area contributed by atoms with Crippen molar-refractivity contribution in [2.45, 2.75) is 60.6 Å². The second-order valence-electron chi connectivity index (χ2n) is 6.41. The van der Waals surface area contributed by atoms with Gasteiger partial charge in [-0.3, -0.25) is 4.99 Å². The molecule has 0 aromatic rings. The van der Waals surface area contributed by atoms with E-state index in [1.807, 2.05) is 33.9 Å². The lowest BCUT2D eigenvalue weighted by molar-refractivity contribution is -0.150. The lowest BCUT2D eigenvalue weighted by Gasteiger charge is -2.18. The van der Waals surface area contributed by atoms with Gasteiger partial charge in [-0.05, 0) is 52.0 Å². The summed E-state index contributed by atoms with van der Waals surface area (Å²) in [5.41, 5.74) is 1.90. The van der Waals surface area contributed by atoms with E-state index in [2.05, 4.69) is 24.4 Å². The maximum Gasteiger partial charge on any atom is 0.399 e. The number of nitrogens with zero attached hydrogens (tertiary/aromatic N) is 1. The van der Waals surface area contributed by atoms with E-state index in [0.717, 1.165) is 5.92 Å². The molecule has 1 atom stereocenters. The fourth-order valence-electron chi connectivity index (χ4n) is 2.13. The largest absolute Gasteiger partial charge is 0.399 e. The molecule has 31 heavy (non-hydrogen) atoms. The number of alkyl halides is 3. The number of allylic oxidation sites excluding steroid dienone is 11. The highest BCUT2D eigenvalue weighted by Crippen LogP contribution is 2.34. The van der Waals surface area contributed by atoms with Gasteiger partial charge < -0.3 is 5.21 Å². The van der Waals surface area contributed by atoms with Crippen LogP contribution in [0.4, 0.5) is 13.2 Å². The van der Waals surface area contributed by atoms with Crippen molar-refractivity contribution in [2.75, 3.05) is 7.05 Å². The van der Waals surface area contributed by atoms with Gasteiger partial charge in [0.05, 0.1) is 5.92 Å². The standard InChI is InChI=1S/C17H21F3.C6H11N.C2H6.H3NO/c1-5-7-9-11-14(3)13-16(17(18,19)20)15(4)12-10-8-6-2;1-5(7-2)6-3-4-6;2*1-2/h5-13,16H,4H2,1-3H3;6H,3-4H2,1-2H3;1-2H3;2H,1H2/b7-5-,8-6-,11-9-,12-10-,14-13-;;;. The topological polar surface area (TPSA) is 58.6 Å². The molecule has 0 heterocycles. The fraction of sp³-hybridized carbons (Fsp3) is 0.480. The summed E-state index contributed by atoms with van der Waals surface area (Å²) in [7, 11) is 1.87. The van der Waals surface area contributed by atoms with Crippen LogP contribution in [0.15, 0.2) is 77.4 Å². The van der Waals surface area contributed by atoms with Crippen LogP contribution in [-0.2, 0) is 0 Å². The van der Waals surface area contributed by atoms with Crippen LogP contribution < -0.4 is 5.90 Å². The molecule has 3 nitrogen and oxygen atoms in total. The van der Waals surface area contributed by atoms with Crippen LogP contribution in [0, 0.1) is 11.8 Å². The highest BCUT2D eigenvalue weighted by atomic mass is 19.4. The number of aliphatic imine (C=N–C) groups is 1. The van der Waals surface area contributed by atoms with Gasteiger partial charge in [-0.1, -0.05) is 80.7 Å². The summed E-state index contributed by atoms with van der Waals surface area (Å²) >= 11 is 0. The Kier molecular flexibility index (Phi) is 22.7. The zero-order chi connectivity index (χ0) is 24.9. The molecule has 0 radical (unpaired) electrons. The minimum atomic E-state index is -4.34. The van der Waals surface area contributed by atoms with Crippen LogP contribution in [0.5, 0.6) is 0 Å². The van der Waals surface area contributed by atoms with Crippen molar-refractivity contribution in [1.29, 1.82) is 0 Å². The molecule has 0 spiro atoms. The molecule has 0 aliphatic heterocycles. The summed E-state index contributed by atoms with van der Waals surface area (Å²) < 4.78 is 39.1. The minimum absolute atomic E-state index is 0.0226. The molecular formula is C25H41F3N2O. The Balaban J connectivity index is -0.000000585. The highest BCUT2D eigenvalue weighted by Gasteiger charge is 2.39. The van der Waals surface area contributed by atoms with E-state index < -0.39 is 12.1 Å². The first-order valence-electron chi connectivity index (χ1n) is 10.4. The van der Waals surface area contributed by atoms with Gasteiger partial charge in [0.25, 0.3) is 0 Å². The molecule has 0 saturated heterocycles. The van der Waals surface area contributed by atoms with Gasteiger partial charge in [-0.2, -0.15) is 13.2 Å². The minimum Gasteiger partial charge on any atom is -0.320 e. The molecule has 1 rings (SSSR count). The second kappa shape index (κ2) is 21.1. The quantitative estimate of drug-likeness (QED) is 0.240. The molecule has 3 N–H and O–H groups in total. The van der Waals surface area contributed by atoms with E-state index in [4.69, 9.17) is 5.21 Å². The Hall–Kier alpha value is -2.18. The number of nitrogens with two attached hydrogens (primary N) is 1. The third kappa shape index (κ3) is 19.5. The summed E-state index contributed by atoms with van der Waals surface area (Å²) in [6, 6.07) is 0. The van der Waals surface area contributed by atoms with E-state index in [9.17, 15) is 13.2 Å². The van der Waals surface area contributed by atoms with Crippen molar-refractivity contribution < 1.29 is 18.4 Å². The van der Waals surface area contributed by atoms with Crippen LogP contribution in [0.25, 0.3) is 0 Å². The molecule has 1 aliphatic rings. The number of rotatable bonds is 7. The Labute approximate surface area is 187 Å². The van der Waals surface area contributed by atoms with Gasteiger partial charge in [-0.15, -0.1) is 0 Å². The van der Waals surface area contributed by atoms with Crippen molar-refractivity contribution >= 4 is 5.71 Å². The normalized spacial score (nSPS) is 15.9. The molecule has 6 heteroatoms. The van der Waals surface area contributed by atoms with Crippen molar-refractivity contribution in [3.63, 3.8) is 0 Å². The van der Waals surface area contributed by atoms with Gasteiger partial charge in [0.2, 0.25) is 0 Å². The maximum absolute atomic E-state index is 13.0. The van der Waals surface area contributed by atoms with E-state index in [0.29, 0.717) is 5.57 Å². The Morgan fingerprint density at radius 3 is 1.77 bits per heavy atom. The molecule has 1 fully saturated rings. The Bertz CT molecular complexity index is 636. The second-order valence-corrected chi connectivity index (χ2v) is 6.41. The molecule has 1 aliphatic carbocycles. The van der Waals surface area contributed by atoms with Crippen molar-refractivity contribution in [3.05, 3.63) is 72.4 Å². The summed E-state index contributed by atoms with van der Waals surface area (Å²) in [6.45, 7) is 14.9. The predicted octanol–water partition coefficient (Wildman–Crippen LogP) is 7.78. The average molecular weight is 443 g/mol. The summed E-state index contributed by atoms with van der Waals surface area (Å²) in [6.07, 6.45) is 12.9. The molecular weight excluding hydrogens is 401 g/mol. The first-order chi connectivity index (χ1) is 14.7. The average Bonchev–Trinajstić information content (AvgIpc) is 3.60. The molecule has 0 bridgehead atoms. The van der Waals surface area contributed by atoms with E-state index in [1.54, 1.807) is 50.3 Å². The molecule has 0 aromatic carbocycles. The monoisotopic (exact) mass is 442 g/mol. The van der Waals surface area contributed by atoms with E-state index in [-0.39, 0.29) is 5.57 Å². The molecule has 0 aromatic heterocycles. The summed E-state index contributed by atoms with van der Waals surface area (Å²) in [5.74, 6) is 2.70. The van der Waals surface area contributed by atoms with Crippen molar-refractivity contribution in [2.24, 2.45) is 22.7 Å². The zero-order valence-corrected chi connectivity index (χ0v) is 20.1. The van der Waals surface area contributed by atoms with Crippen LogP contribution in [0.1, 0.15) is 54.4 Å². The third-order valence-corrected chi connectivity index (χ3v) is 3.98. The third-order valence-electron chi connectivity index (χ3n) is 3.98. The molecule has 178 valence electrons. The van der Waals surface area contributed by atoms with Gasteiger partial charge in [-0.25, -0.2) is 5.90 Å². The van der Waals surface area contributed by atoms with Crippen LogP contribution in [0.3, 0.4) is 0 Å². The van der Waals surface area contributed by atoms with Crippen molar-refractivity contribution in [3.8, 4) is 0 Å². The van der Waals surface area contributed by atoms with Crippen LogP contribution in [-0.4, -0.2) is 24.1 Å². The SMILES string of the molecule is C=C(/C=C\C=C/C)C(\C=C(C)/C=C\C=C/C)C(F)(F)F.CC.CN=C(C)C1CC1.NO. The van der Waals surface area contributed by atoms with Gasteiger partial charge in [0.1, 0.15) is 0 Å². The fourth-order valence-corrected chi connectivity index (χ4v) is 2.13. The van der Waals surface area contributed by atoms with E-state index in [1.165, 1.54) is 30.7 Å². The summed E-state index contributed by atoms with van der Waals surface area (Å²) in [4.78, 5) is 4.07. The Morgan fingerprint density at radius 1 is 1.00 bits per heavy atom. The van der Waals surface area contributed by atoms with Gasteiger partial charge >= 0.3 is 6.18 Å². The number of halogens is 3. The predicted molar refractivity (Wildman–Crippen MR) is 129 cm³/mol. The molecule has 1 saturated carbocycles. The van der Waals surface area contributed by atoms with Gasteiger partial charge in [0.15, 0.2) is 0 Å². The van der Waals surface area contributed by atoms with E-state index >= 15 is 0 Å². The summed E-state index contributed by atoms with van der Waals surface area (Å²) in [5, 5.41) is 6.50. The van der Waals surface area contributed by atoms with Crippen molar-refractivity contribution in [1.82, 2.24) is 0 Å². The number of hydrogen-bond donors (Lipinski definition) is 2. The first kappa shape index (κ1) is 33.5. The zero-order valence-electron chi connectivity index (χ0n) is 20.1. The Morgan fingerprint density at radius 2 is 1.45 bits per heavy atom. The van der Waals surface area contributed by atoms with Gasteiger partial charge in [0, 0.05) is 12.8 Å². The lowest BCUT2D eigenvalue weighted by atomic mass is 9.96. The molecule has 0 amide bonds. The highest BCUT2D eigenvalue weighted by molar-refractivity contribution is 5.86. The lowest BCUT2D eigenvalue weighted by Crippen LogP contribution is -2.22. The number of hydrogen-bond acceptors (Lipinski definition) is 3. The first-order valence-corrected chi connectivity index (χ1v) is 10.4. The molecule has 1 unspecified atom stereocenters. The van der Waals surface area contributed by atoms with Crippen LogP contribution in [0.2, 0.25) is 0 Å². The van der Waals surface area contributed by atoms with Crippen LogP contribution >= 0.6 is 0 Å². The maximum atomic E-state index is 13.0. The smallest absolute Gasteiger partial charge is 0.320 e.